The van der Waals surface area contributed by atoms with Crippen LogP contribution in [0.5, 0.6) is 0 Å². The van der Waals surface area contributed by atoms with Crippen molar-refractivity contribution in [3.8, 4) is 0 Å². The molecule has 0 radical (unpaired) electrons. The second-order valence-electron chi connectivity index (χ2n) is 4.76. The van der Waals surface area contributed by atoms with Crippen molar-refractivity contribution < 1.29 is 13.2 Å². The highest BCUT2D eigenvalue weighted by atomic mass is 35.5. The fourth-order valence-corrected chi connectivity index (χ4v) is 3.13. The van der Waals surface area contributed by atoms with Crippen molar-refractivity contribution in [1.29, 1.82) is 0 Å². The second-order valence-corrected chi connectivity index (χ2v) is 5.23. The minimum atomic E-state index is -1.17. The summed E-state index contributed by atoms with van der Waals surface area (Å²) in [5, 5.41) is -0.581. The van der Waals surface area contributed by atoms with E-state index in [0.717, 1.165) is 25.3 Å². The number of halogens is 4. The average molecular weight is 263 g/mol. The maximum Gasteiger partial charge on any atom is 0.161 e. The van der Waals surface area contributed by atoms with Gasteiger partial charge in [0, 0.05) is 11.6 Å². The average Bonchev–Trinajstić information content (AvgIpc) is 2.69. The summed E-state index contributed by atoms with van der Waals surface area (Å²) >= 11 is 6.21. The van der Waals surface area contributed by atoms with Crippen molar-refractivity contribution in [2.75, 3.05) is 0 Å². The molecule has 0 bridgehead atoms. The zero-order chi connectivity index (χ0) is 12.6. The molecule has 3 unspecified atom stereocenters. The van der Waals surface area contributed by atoms with Crippen LogP contribution in [0.25, 0.3) is 0 Å². The molecule has 1 aliphatic carbocycles. The van der Waals surface area contributed by atoms with Gasteiger partial charge in [-0.05, 0) is 24.3 Å². The highest BCUT2D eigenvalue weighted by Gasteiger charge is 2.32. The van der Waals surface area contributed by atoms with Crippen LogP contribution in [0.2, 0.25) is 0 Å². The number of alkyl halides is 1. The quantitative estimate of drug-likeness (QED) is 0.529. The van der Waals surface area contributed by atoms with Crippen molar-refractivity contribution in [3.05, 3.63) is 35.1 Å². The summed E-state index contributed by atoms with van der Waals surface area (Å²) in [6, 6.07) is 1.45. The van der Waals surface area contributed by atoms with Gasteiger partial charge in [0.1, 0.15) is 5.82 Å². The molecule has 0 aliphatic heterocycles. The standard InChI is InChI=1S/C13H14ClF3/c1-7-3-2-4-8(7)13(14)9-5-11(16)12(17)6-10(9)15/h5-8,13H,2-4H2,1H3. The van der Waals surface area contributed by atoms with Gasteiger partial charge in [-0.25, -0.2) is 13.2 Å². The molecule has 0 spiro atoms. The molecule has 3 atom stereocenters. The molecule has 1 saturated carbocycles. The van der Waals surface area contributed by atoms with E-state index in [4.69, 9.17) is 11.6 Å². The van der Waals surface area contributed by atoms with Crippen molar-refractivity contribution in [3.63, 3.8) is 0 Å². The summed E-state index contributed by atoms with van der Waals surface area (Å²) in [5.41, 5.74) is 0.0734. The SMILES string of the molecule is CC1CCCC1C(Cl)c1cc(F)c(F)cc1F. The lowest BCUT2D eigenvalue weighted by molar-refractivity contribution is 0.395. The maximum atomic E-state index is 13.6. The summed E-state index contributed by atoms with van der Waals surface area (Å²) in [6.07, 6.45) is 3.02. The van der Waals surface area contributed by atoms with Crippen molar-refractivity contribution in [1.82, 2.24) is 0 Å². The van der Waals surface area contributed by atoms with Gasteiger partial charge in [0.15, 0.2) is 11.6 Å². The minimum absolute atomic E-state index is 0.0734. The normalized spacial score (nSPS) is 26.2. The monoisotopic (exact) mass is 262 g/mol. The third kappa shape index (κ3) is 2.44. The molecule has 0 aromatic heterocycles. The fourth-order valence-electron chi connectivity index (χ4n) is 2.59. The van der Waals surface area contributed by atoms with Crippen molar-refractivity contribution in [2.45, 2.75) is 31.6 Å². The Labute approximate surface area is 104 Å². The second kappa shape index (κ2) is 4.89. The zero-order valence-corrected chi connectivity index (χ0v) is 10.3. The summed E-state index contributed by atoms with van der Waals surface area (Å²) in [5.74, 6) is -2.45. The molecule has 94 valence electrons. The van der Waals surface area contributed by atoms with Gasteiger partial charge in [-0.3, -0.25) is 0 Å². The smallest absolute Gasteiger partial charge is 0.161 e. The first-order valence-electron chi connectivity index (χ1n) is 5.79. The van der Waals surface area contributed by atoms with Crippen LogP contribution in [0, 0.1) is 29.3 Å². The van der Waals surface area contributed by atoms with E-state index in [2.05, 4.69) is 6.92 Å². The Morgan fingerprint density at radius 2 is 1.76 bits per heavy atom. The van der Waals surface area contributed by atoms with Gasteiger partial charge in [0.2, 0.25) is 0 Å². The van der Waals surface area contributed by atoms with E-state index in [9.17, 15) is 13.2 Å². The predicted octanol–water partition coefficient (Wildman–Crippen LogP) is 4.82. The molecular weight excluding hydrogens is 249 g/mol. The summed E-state index contributed by atoms with van der Waals surface area (Å²) < 4.78 is 39.5. The summed E-state index contributed by atoms with van der Waals surface area (Å²) in [7, 11) is 0. The van der Waals surface area contributed by atoms with Crippen LogP contribution in [0.3, 0.4) is 0 Å². The number of benzene rings is 1. The maximum absolute atomic E-state index is 13.6. The van der Waals surface area contributed by atoms with Crippen molar-refractivity contribution in [2.24, 2.45) is 11.8 Å². The van der Waals surface area contributed by atoms with Crippen LogP contribution in [-0.4, -0.2) is 0 Å². The molecule has 1 aliphatic rings. The lowest BCUT2D eigenvalue weighted by Gasteiger charge is -2.22. The van der Waals surface area contributed by atoms with Gasteiger partial charge < -0.3 is 0 Å². The highest BCUT2D eigenvalue weighted by molar-refractivity contribution is 6.21. The van der Waals surface area contributed by atoms with E-state index in [0.29, 0.717) is 12.0 Å². The molecule has 0 N–H and O–H groups in total. The van der Waals surface area contributed by atoms with Gasteiger partial charge in [0.05, 0.1) is 5.38 Å². The highest BCUT2D eigenvalue weighted by Crippen LogP contribution is 2.44. The zero-order valence-electron chi connectivity index (χ0n) is 9.52. The molecule has 0 nitrogen and oxygen atoms in total. The number of hydrogen-bond acceptors (Lipinski definition) is 0. The Morgan fingerprint density at radius 3 is 2.35 bits per heavy atom. The third-order valence-corrected chi connectivity index (χ3v) is 4.20. The molecule has 1 aromatic carbocycles. The molecule has 0 saturated heterocycles. The molecule has 1 aromatic rings. The van der Waals surface area contributed by atoms with Crippen LogP contribution >= 0.6 is 11.6 Å². The molecule has 0 heterocycles. The van der Waals surface area contributed by atoms with E-state index in [1.807, 2.05) is 0 Å². The van der Waals surface area contributed by atoms with Crippen LogP contribution in [0.15, 0.2) is 12.1 Å². The summed E-state index contributed by atoms with van der Waals surface area (Å²) in [4.78, 5) is 0. The van der Waals surface area contributed by atoms with Gasteiger partial charge in [0.25, 0.3) is 0 Å². The van der Waals surface area contributed by atoms with Crippen molar-refractivity contribution >= 4 is 11.6 Å². The van der Waals surface area contributed by atoms with Gasteiger partial charge >= 0.3 is 0 Å². The first kappa shape index (κ1) is 12.7. The van der Waals surface area contributed by atoms with Crippen LogP contribution in [0.4, 0.5) is 13.2 Å². The third-order valence-electron chi connectivity index (χ3n) is 3.64. The topological polar surface area (TPSA) is 0 Å². The lowest BCUT2D eigenvalue weighted by Crippen LogP contribution is -2.13. The van der Waals surface area contributed by atoms with E-state index in [1.54, 1.807) is 0 Å². The number of hydrogen-bond donors (Lipinski definition) is 0. The van der Waals surface area contributed by atoms with E-state index >= 15 is 0 Å². The molecule has 4 heteroatoms. The van der Waals surface area contributed by atoms with Gasteiger partial charge in [-0.2, -0.15) is 0 Å². The summed E-state index contributed by atoms with van der Waals surface area (Å²) in [6.45, 7) is 2.06. The van der Waals surface area contributed by atoms with Crippen LogP contribution in [0.1, 0.15) is 37.1 Å². The Bertz CT molecular complexity index is 419. The van der Waals surface area contributed by atoms with E-state index < -0.39 is 22.8 Å². The van der Waals surface area contributed by atoms with Crippen LogP contribution in [-0.2, 0) is 0 Å². The molecule has 0 amide bonds. The molecule has 17 heavy (non-hydrogen) atoms. The van der Waals surface area contributed by atoms with Crippen LogP contribution < -0.4 is 0 Å². The minimum Gasteiger partial charge on any atom is -0.207 e. The predicted molar refractivity (Wildman–Crippen MR) is 61.4 cm³/mol. The first-order chi connectivity index (χ1) is 8.00. The Balaban J connectivity index is 2.30. The largest absolute Gasteiger partial charge is 0.207 e. The Kier molecular flexibility index (Phi) is 3.67. The van der Waals surface area contributed by atoms with E-state index in [-0.39, 0.29) is 11.5 Å². The lowest BCUT2D eigenvalue weighted by atomic mass is 9.90. The Morgan fingerprint density at radius 1 is 1.12 bits per heavy atom. The molecule has 1 fully saturated rings. The van der Waals surface area contributed by atoms with Gasteiger partial charge in [-0.1, -0.05) is 19.8 Å². The first-order valence-corrected chi connectivity index (χ1v) is 6.23. The molecule has 2 rings (SSSR count). The van der Waals surface area contributed by atoms with Gasteiger partial charge in [-0.15, -0.1) is 11.6 Å². The number of rotatable bonds is 2. The Hall–Kier alpha value is -0.700. The molecular formula is C13H14ClF3. The fraction of sp³-hybridized carbons (Fsp3) is 0.538. The van der Waals surface area contributed by atoms with E-state index in [1.165, 1.54) is 0 Å².